The maximum Gasteiger partial charge on any atom is 0.318 e. The van der Waals surface area contributed by atoms with Gasteiger partial charge in [0.2, 0.25) is 5.91 Å². The monoisotopic (exact) mass is 295 g/mol. The molecule has 1 fully saturated rings. The number of carbonyl (C=O) groups is 2. The minimum atomic E-state index is -0.830. The molecule has 0 unspecified atom stereocenters. The molecule has 1 aliphatic rings. The quantitative estimate of drug-likeness (QED) is 0.793. The zero-order valence-electron chi connectivity index (χ0n) is 11.1. The zero-order valence-corrected chi connectivity index (χ0v) is 11.9. The molecular weight excluding hydrogens is 278 g/mol. The number of benzene rings is 1. The summed E-state index contributed by atoms with van der Waals surface area (Å²) in [6.07, 6.45) is 4.12. The fourth-order valence-corrected chi connectivity index (χ4v) is 2.87. The highest BCUT2D eigenvalue weighted by Gasteiger charge is 2.35. The van der Waals surface area contributed by atoms with Gasteiger partial charge in [0, 0.05) is 10.6 Å². The first kappa shape index (κ1) is 14.8. The minimum absolute atomic E-state index is 0.0611. The lowest BCUT2D eigenvalue weighted by molar-refractivity contribution is -0.119. The second-order valence-corrected chi connectivity index (χ2v) is 5.50. The van der Waals surface area contributed by atoms with Crippen LogP contribution < -0.4 is 16.4 Å². The van der Waals surface area contributed by atoms with Crippen LogP contribution >= 0.6 is 11.6 Å². The van der Waals surface area contributed by atoms with Gasteiger partial charge in [-0.15, -0.1) is 0 Å². The molecule has 1 saturated carbocycles. The highest BCUT2D eigenvalue weighted by molar-refractivity contribution is 6.30. The number of amides is 3. The molecule has 1 aromatic carbocycles. The van der Waals surface area contributed by atoms with E-state index in [9.17, 15) is 9.59 Å². The number of primary amides is 1. The van der Waals surface area contributed by atoms with Crippen LogP contribution in [0.1, 0.15) is 31.2 Å². The standard InChI is InChI=1S/C14H18ClN3O2/c15-11-5-3-10(4-6-11)14(7-1-2-8-14)17-9-12(19)18-13(16)20/h3-6,17H,1-2,7-9H2,(H3,16,18,19,20). The smallest absolute Gasteiger partial charge is 0.318 e. The molecule has 0 aromatic heterocycles. The molecule has 5 nitrogen and oxygen atoms in total. The first-order valence-electron chi connectivity index (χ1n) is 6.62. The van der Waals surface area contributed by atoms with Crippen molar-refractivity contribution in [3.05, 3.63) is 34.9 Å². The molecule has 0 bridgehead atoms. The summed E-state index contributed by atoms with van der Waals surface area (Å²) >= 11 is 5.91. The summed E-state index contributed by atoms with van der Waals surface area (Å²) in [6, 6.07) is 6.83. The third-order valence-corrected chi connectivity index (χ3v) is 3.96. The number of hydrogen-bond donors (Lipinski definition) is 3. The number of carbonyl (C=O) groups excluding carboxylic acids is 2. The number of imide groups is 1. The van der Waals surface area contributed by atoms with Crippen LogP contribution in [0.5, 0.6) is 0 Å². The molecular formula is C14H18ClN3O2. The highest BCUT2D eigenvalue weighted by atomic mass is 35.5. The number of urea groups is 1. The Labute approximate surface area is 122 Å². The van der Waals surface area contributed by atoms with Crippen molar-refractivity contribution in [3.8, 4) is 0 Å². The summed E-state index contributed by atoms with van der Waals surface area (Å²) in [6.45, 7) is 0.0611. The Morgan fingerprint density at radius 3 is 2.35 bits per heavy atom. The van der Waals surface area contributed by atoms with Gasteiger partial charge in [0.25, 0.3) is 0 Å². The molecule has 20 heavy (non-hydrogen) atoms. The van der Waals surface area contributed by atoms with Crippen LogP contribution in [0.2, 0.25) is 5.02 Å². The zero-order chi connectivity index (χ0) is 14.6. The van der Waals surface area contributed by atoms with E-state index in [1.807, 2.05) is 24.3 Å². The van der Waals surface area contributed by atoms with Crippen molar-refractivity contribution in [1.29, 1.82) is 0 Å². The fraction of sp³-hybridized carbons (Fsp3) is 0.429. The van der Waals surface area contributed by atoms with E-state index in [-0.39, 0.29) is 12.1 Å². The predicted octanol–water partition coefficient (Wildman–Crippen LogP) is 1.89. The Balaban J connectivity index is 2.08. The lowest BCUT2D eigenvalue weighted by Crippen LogP contribution is -2.47. The molecule has 2 rings (SSSR count). The van der Waals surface area contributed by atoms with Gasteiger partial charge < -0.3 is 5.73 Å². The van der Waals surface area contributed by atoms with E-state index in [1.54, 1.807) is 0 Å². The lowest BCUT2D eigenvalue weighted by Gasteiger charge is -2.31. The molecule has 0 saturated heterocycles. The molecule has 6 heteroatoms. The van der Waals surface area contributed by atoms with Crippen LogP contribution in [0.3, 0.4) is 0 Å². The summed E-state index contributed by atoms with van der Waals surface area (Å²) in [5.74, 6) is -0.419. The van der Waals surface area contributed by atoms with E-state index in [2.05, 4.69) is 10.6 Å². The van der Waals surface area contributed by atoms with E-state index < -0.39 is 11.9 Å². The fourth-order valence-electron chi connectivity index (χ4n) is 2.75. The molecule has 3 amide bonds. The van der Waals surface area contributed by atoms with E-state index in [4.69, 9.17) is 17.3 Å². The van der Waals surface area contributed by atoms with Crippen molar-refractivity contribution in [1.82, 2.24) is 10.6 Å². The first-order chi connectivity index (χ1) is 9.52. The summed E-state index contributed by atoms with van der Waals surface area (Å²) < 4.78 is 0. The Bertz CT molecular complexity index is 496. The topological polar surface area (TPSA) is 84.2 Å². The van der Waals surface area contributed by atoms with Gasteiger partial charge in [-0.2, -0.15) is 0 Å². The number of halogens is 1. The highest BCUT2D eigenvalue weighted by Crippen LogP contribution is 2.38. The van der Waals surface area contributed by atoms with Crippen molar-refractivity contribution in [3.63, 3.8) is 0 Å². The van der Waals surface area contributed by atoms with Crippen LogP contribution in [0, 0.1) is 0 Å². The third kappa shape index (κ3) is 3.49. The first-order valence-corrected chi connectivity index (χ1v) is 7.00. The maximum absolute atomic E-state index is 11.5. The normalized spacial score (nSPS) is 16.9. The number of nitrogens with one attached hydrogen (secondary N) is 2. The van der Waals surface area contributed by atoms with Crippen LogP contribution in [0.15, 0.2) is 24.3 Å². The predicted molar refractivity (Wildman–Crippen MR) is 77.3 cm³/mol. The average molecular weight is 296 g/mol. The Kier molecular flexibility index (Phi) is 4.62. The van der Waals surface area contributed by atoms with Crippen molar-refractivity contribution in [2.75, 3.05) is 6.54 Å². The van der Waals surface area contributed by atoms with Gasteiger partial charge in [-0.3, -0.25) is 15.4 Å². The van der Waals surface area contributed by atoms with Crippen molar-refractivity contribution < 1.29 is 9.59 Å². The summed E-state index contributed by atoms with van der Waals surface area (Å²) in [4.78, 5) is 22.2. The van der Waals surface area contributed by atoms with Crippen LogP contribution in [0.25, 0.3) is 0 Å². The van der Waals surface area contributed by atoms with Gasteiger partial charge in [-0.25, -0.2) is 4.79 Å². The Morgan fingerprint density at radius 1 is 1.20 bits per heavy atom. The molecule has 4 N–H and O–H groups in total. The van der Waals surface area contributed by atoms with Crippen molar-refractivity contribution in [2.45, 2.75) is 31.2 Å². The Hall–Kier alpha value is -1.59. The van der Waals surface area contributed by atoms with Crippen LogP contribution in [0.4, 0.5) is 4.79 Å². The summed E-state index contributed by atoms with van der Waals surface area (Å²) in [5.41, 5.74) is 5.82. The van der Waals surface area contributed by atoms with Crippen LogP contribution in [-0.4, -0.2) is 18.5 Å². The van der Waals surface area contributed by atoms with Gasteiger partial charge in [0.05, 0.1) is 6.54 Å². The second kappa shape index (κ2) is 6.24. The molecule has 0 radical (unpaired) electrons. The van der Waals surface area contributed by atoms with E-state index in [1.165, 1.54) is 0 Å². The molecule has 0 atom stereocenters. The maximum atomic E-state index is 11.5. The van der Waals surface area contributed by atoms with Gasteiger partial charge in [0.1, 0.15) is 0 Å². The van der Waals surface area contributed by atoms with Gasteiger partial charge in [-0.1, -0.05) is 36.6 Å². The molecule has 108 valence electrons. The molecule has 0 spiro atoms. The summed E-state index contributed by atoms with van der Waals surface area (Å²) in [5, 5.41) is 6.02. The molecule has 1 aromatic rings. The minimum Gasteiger partial charge on any atom is -0.351 e. The van der Waals surface area contributed by atoms with E-state index in [0.717, 1.165) is 31.2 Å². The number of rotatable bonds is 4. The lowest BCUT2D eigenvalue weighted by atomic mass is 9.88. The third-order valence-electron chi connectivity index (χ3n) is 3.70. The molecule has 0 heterocycles. The van der Waals surface area contributed by atoms with Crippen LogP contribution in [-0.2, 0) is 10.3 Å². The van der Waals surface area contributed by atoms with Gasteiger partial charge >= 0.3 is 6.03 Å². The SMILES string of the molecule is NC(=O)NC(=O)CNC1(c2ccc(Cl)cc2)CCCC1. The van der Waals surface area contributed by atoms with Gasteiger partial charge in [-0.05, 0) is 30.5 Å². The van der Waals surface area contributed by atoms with E-state index in [0.29, 0.717) is 5.02 Å². The largest absolute Gasteiger partial charge is 0.351 e. The number of nitrogens with two attached hydrogens (primary N) is 1. The van der Waals surface area contributed by atoms with Gasteiger partial charge in [0.15, 0.2) is 0 Å². The van der Waals surface area contributed by atoms with Crippen molar-refractivity contribution in [2.24, 2.45) is 5.73 Å². The average Bonchev–Trinajstić information content (AvgIpc) is 2.86. The second-order valence-electron chi connectivity index (χ2n) is 5.06. The van der Waals surface area contributed by atoms with E-state index >= 15 is 0 Å². The summed E-state index contributed by atoms with van der Waals surface area (Å²) in [7, 11) is 0. The number of hydrogen-bond acceptors (Lipinski definition) is 3. The molecule has 0 aliphatic heterocycles. The Morgan fingerprint density at radius 2 is 1.80 bits per heavy atom. The molecule has 1 aliphatic carbocycles. The van der Waals surface area contributed by atoms with Crippen molar-refractivity contribution >= 4 is 23.5 Å².